The first-order chi connectivity index (χ1) is 8.33. The van der Waals surface area contributed by atoms with Crippen LogP contribution < -0.4 is 10.5 Å². The van der Waals surface area contributed by atoms with Crippen LogP contribution in [0.1, 0.15) is 32.4 Å². The van der Waals surface area contributed by atoms with Crippen LogP contribution in [0.2, 0.25) is 0 Å². The molecule has 0 aliphatic heterocycles. The van der Waals surface area contributed by atoms with E-state index in [4.69, 9.17) is 15.2 Å². The fraction of sp³-hybridized carbons (Fsp3) is 0.615. The summed E-state index contributed by atoms with van der Waals surface area (Å²) in [6.07, 6.45) is 0.756. The van der Waals surface area contributed by atoms with Gasteiger partial charge in [-0.3, -0.25) is 0 Å². The monoisotopic (exact) mass is 254 g/mol. The van der Waals surface area contributed by atoms with Crippen LogP contribution in [0.15, 0.2) is 18.3 Å². The Kier molecular flexibility index (Phi) is 5.07. The molecule has 0 bridgehead atoms. The Labute approximate surface area is 108 Å². The van der Waals surface area contributed by atoms with E-state index < -0.39 is 12.1 Å². The Hall–Kier alpha value is -1.17. The number of aliphatic hydroxyl groups is 1. The summed E-state index contributed by atoms with van der Waals surface area (Å²) in [5.41, 5.74) is 6.28. The molecule has 0 aliphatic carbocycles. The third-order valence-electron chi connectivity index (χ3n) is 2.42. The highest BCUT2D eigenvalue weighted by atomic mass is 16.5. The first kappa shape index (κ1) is 14.9. The summed E-state index contributed by atoms with van der Waals surface area (Å²) in [5, 5.41) is 10.1. The molecule has 0 aliphatic rings. The second-order valence-corrected chi connectivity index (χ2v) is 5.17. The summed E-state index contributed by atoms with van der Waals surface area (Å²) >= 11 is 0. The average molecular weight is 254 g/mol. The molecular formula is C13H22N2O3. The third-order valence-corrected chi connectivity index (χ3v) is 2.42. The summed E-state index contributed by atoms with van der Waals surface area (Å²) < 4.78 is 10.5. The van der Waals surface area contributed by atoms with E-state index in [-0.39, 0.29) is 12.2 Å². The van der Waals surface area contributed by atoms with Crippen molar-refractivity contribution in [3.05, 3.63) is 23.9 Å². The van der Waals surface area contributed by atoms with E-state index in [1.807, 2.05) is 20.8 Å². The van der Waals surface area contributed by atoms with Crippen molar-refractivity contribution >= 4 is 0 Å². The van der Waals surface area contributed by atoms with Gasteiger partial charge in [0, 0.05) is 17.8 Å². The summed E-state index contributed by atoms with van der Waals surface area (Å²) in [6, 6.07) is 2.95. The van der Waals surface area contributed by atoms with E-state index in [0.29, 0.717) is 11.4 Å². The molecule has 5 heteroatoms. The fourth-order valence-corrected chi connectivity index (χ4v) is 1.37. The molecule has 0 radical (unpaired) electrons. The Morgan fingerprint density at radius 1 is 1.39 bits per heavy atom. The van der Waals surface area contributed by atoms with Crippen molar-refractivity contribution in [1.29, 1.82) is 0 Å². The quantitative estimate of drug-likeness (QED) is 0.827. The van der Waals surface area contributed by atoms with Gasteiger partial charge in [0.05, 0.1) is 31.5 Å². The van der Waals surface area contributed by atoms with Gasteiger partial charge in [-0.15, -0.1) is 0 Å². The minimum absolute atomic E-state index is 0.268. The van der Waals surface area contributed by atoms with Gasteiger partial charge in [0.1, 0.15) is 0 Å². The second-order valence-electron chi connectivity index (χ2n) is 5.17. The smallest absolute Gasteiger partial charge is 0.212 e. The van der Waals surface area contributed by atoms with Gasteiger partial charge < -0.3 is 20.3 Å². The van der Waals surface area contributed by atoms with Crippen molar-refractivity contribution in [3.8, 4) is 5.88 Å². The van der Waals surface area contributed by atoms with Crippen molar-refractivity contribution in [1.82, 2.24) is 4.98 Å². The largest absolute Gasteiger partial charge is 0.481 e. The Morgan fingerprint density at radius 2 is 2.06 bits per heavy atom. The first-order valence-electron chi connectivity index (χ1n) is 5.91. The summed E-state index contributed by atoms with van der Waals surface area (Å²) in [7, 11) is 1.54. The van der Waals surface area contributed by atoms with E-state index >= 15 is 0 Å². The molecule has 0 aromatic carbocycles. The van der Waals surface area contributed by atoms with Crippen molar-refractivity contribution in [2.24, 2.45) is 5.73 Å². The standard InChI is InChI=1S/C13H22N2O3/c1-13(2,3)18-8-10(14)12(16)9-5-6-11(17-4)15-7-9/h5-7,10,12,16H,8,14H2,1-4H3/t10-,12?/m0/s1. The normalized spacial score (nSPS) is 15.2. The van der Waals surface area contributed by atoms with E-state index in [0.717, 1.165) is 0 Å². The van der Waals surface area contributed by atoms with Crippen LogP contribution in [0.4, 0.5) is 0 Å². The van der Waals surface area contributed by atoms with E-state index in [9.17, 15) is 5.11 Å². The van der Waals surface area contributed by atoms with Gasteiger partial charge >= 0.3 is 0 Å². The zero-order valence-corrected chi connectivity index (χ0v) is 11.4. The number of nitrogens with two attached hydrogens (primary N) is 1. The molecule has 0 amide bonds. The summed E-state index contributed by atoms with van der Waals surface area (Å²) in [5.74, 6) is 0.505. The molecule has 18 heavy (non-hydrogen) atoms. The Morgan fingerprint density at radius 3 is 2.50 bits per heavy atom. The number of nitrogens with zero attached hydrogens (tertiary/aromatic N) is 1. The molecule has 3 N–H and O–H groups in total. The maximum Gasteiger partial charge on any atom is 0.212 e. The van der Waals surface area contributed by atoms with Gasteiger partial charge in [-0.05, 0) is 26.8 Å². The zero-order chi connectivity index (χ0) is 13.8. The molecule has 1 unspecified atom stereocenters. The van der Waals surface area contributed by atoms with Crippen molar-refractivity contribution < 1.29 is 14.6 Å². The molecule has 1 rings (SSSR count). The molecule has 102 valence electrons. The number of ether oxygens (including phenoxy) is 2. The number of pyridine rings is 1. The summed E-state index contributed by atoms with van der Waals surface area (Å²) in [4.78, 5) is 4.03. The lowest BCUT2D eigenvalue weighted by Gasteiger charge is -2.25. The van der Waals surface area contributed by atoms with Crippen LogP contribution >= 0.6 is 0 Å². The van der Waals surface area contributed by atoms with Crippen LogP contribution in [-0.2, 0) is 4.74 Å². The molecule has 0 saturated carbocycles. The second kappa shape index (κ2) is 6.13. The maximum atomic E-state index is 10.1. The van der Waals surface area contributed by atoms with E-state index in [2.05, 4.69) is 4.98 Å². The molecular weight excluding hydrogens is 232 g/mol. The molecule has 1 aromatic heterocycles. The highest BCUT2D eigenvalue weighted by Gasteiger charge is 2.20. The average Bonchev–Trinajstić information content (AvgIpc) is 2.34. The van der Waals surface area contributed by atoms with E-state index in [1.54, 1.807) is 25.4 Å². The predicted octanol–water partition coefficient (Wildman–Crippen LogP) is 1.27. The maximum absolute atomic E-state index is 10.1. The number of hydrogen-bond donors (Lipinski definition) is 2. The van der Waals surface area contributed by atoms with Gasteiger partial charge in [-0.1, -0.05) is 0 Å². The number of aromatic nitrogens is 1. The van der Waals surface area contributed by atoms with Crippen LogP contribution in [0.5, 0.6) is 5.88 Å². The van der Waals surface area contributed by atoms with Gasteiger partial charge in [-0.2, -0.15) is 0 Å². The van der Waals surface area contributed by atoms with Gasteiger partial charge in [-0.25, -0.2) is 4.98 Å². The molecule has 2 atom stereocenters. The third kappa shape index (κ3) is 4.60. The number of rotatable bonds is 5. The number of hydrogen-bond acceptors (Lipinski definition) is 5. The topological polar surface area (TPSA) is 77.6 Å². The van der Waals surface area contributed by atoms with Gasteiger partial charge in [0.15, 0.2) is 0 Å². The predicted molar refractivity (Wildman–Crippen MR) is 69.4 cm³/mol. The molecule has 1 aromatic rings. The van der Waals surface area contributed by atoms with Crippen LogP contribution in [-0.4, -0.2) is 35.5 Å². The zero-order valence-electron chi connectivity index (χ0n) is 11.4. The fourth-order valence-electron chi connectivity index (χ4n) is 1.37. The van der Waals surface area contributed by atoms with Crippen LogP contribution in [0.25, 0.3) is 0 Å². The minimum Gasteiger partial charge on any atom is -0.481 e. The van der Waals surface area contributed by atoms with Gasteiger partial charge in [0.2, 0.25) is 5.88 Å². The minimum atomic E-state index is -0.800. The number of methoxy groups -OCH3 is 1. The Bertz CT molecular complexity index is 359. The Balaban J connectivity index is 2.59. The van der Waals surface area contributed by atoms with Gasteiger partial charge in [0.25, 0.3) is 0 Å². The molecule has 1 heterocycles. The van der Waals surface area contributed by atoms with Crippen LogP contribution in [0.3, 0.4) is 0 Å². The lowest BCUT2D eigenvalue weighted by molar-refractivity contribution is -0.0283. The molecule has 0 saturated heterocycles. The highest BCUT2D eigenvalue weighted by molar-refractivity contribution is 5.20. The SMILES string of the molecule is COc1ccc(C(O)[C@@H](N)COC(C)(C)C)cn1. The van der Waals surface area contributed by atoms with E-state index in [1.165, 1.54) is 0 Å². The van der Waals surface area contributed by atoms with Crippen molar-refractivity contribution in [3.63, 3.8) is 0 Å². The number of aliphatic hydroxyl groups excluding tert-OH is 1. The van der Waals surface area contributed by atoms with Crippen molar-refractivity contribution in [2.75, 3.05) is 13.7 Å². The summed E-state index contributed by atoms with van der Waals surface area (Å²) in [6.45, 7) is 6.12. The van der Waals surface area contributed by atoms with Crippen LogP contribution in [0, 0.1) is 0 Å². The molecule has 0 spiro atoms. The highest BCUT2D eigenvalue weighted by Crippen LogP contribution is 2.18. The lowest BCUT2D eigenvalue weighted by atomic mass is 10.1. The van der Waals surface area contributed by atoms with Crippen molar-refractivity contribution in [2.45, 2.75) is 38.5 Å². The molecule has 5 nitrogen and oxygen atoms in total. The molecule has 0 fully saturated rings. The first-order valence-corrected chi connectivity index (χ1v) is 5.91. The lowest BCUT2D eigenvalue weighted by Crippen LogP contribution is -2.36.